The largest absolute Gasteiger partial charge is 0.351 e. The Hall–Kier alpha value is -2.31. The summed E-state index contributed by atoms with van der Waals surface area (Å²) in [5.74, 6) is 0.127. The number of pyridine rings is 2. The second-order valence-electron chi connectivity index (χ2n) is 5.49. The number of rotatable bonds is 5. The van der Waals surface area contributed by atoms with Crippen molar-refractivity contribution in [3.05, 3.63) is 69.7 Å². The molecule has 1 N–H and O–H groups in total. The number of carbonyl (C=O) groups excluding carboxylic acids is 1. The highest BCUT2D eigenvalue weighted by molar-refractivity contribution is 8.00. The molecule has 0 aliphatic carbocycles. The number of halogens is 1. The molecule has 3 aromatic rings. The van der Waals surface area contributed by atoms with Gasteiger partial charge in [0.05, 0.1) is 11.3 Å². The predicted octanol–water partition coefficient (Wildman–Crippen LogP) is 3.00. The lowest BCUT2D eigenvalue weighted by Crippen LogP contribution is -2.24. The molecule has 25 heavy (non-hydrogen) atoms. The Labute approximate surface area is 154 Å². The lowest BCUT2D eigenvalue weighted by molar-refractivity contribution is -0.118. The summed E-state index contributed by atoms with van der Waals surface area (Å²) >= 11 is 7.37. The molecule has 7 heteroatoms. The van der Waals surface area contributed by atoms with Crippen LogP contribution in [0.2, 0.25) is 5.02 Å². The highest BCUT2D eigenvalue weighted by Crippen LogP contribution is 2.28. The number of nitrogens with zero attached hydrogens (tertiary/aromatic N) is 2. The van der Waals surface area contributed by atoms with E-state index < -0.39 is 0 Å². The zero-order chi connectivity index (χ0) is 17.8. The smallest absolute Gasteiger partial charge is 0.251 e. The van der Waals surface area contributed by atoms with E-state index in [9.17, 15) is 9.59 Å². The monoisotopic (exact) mass is 373 g/mol. The molecule has 2 heterocycles. The van der Waals surface area contributed by atoms with Gasteiger partial charge >= 0.3 is 0 Å². The van der Waals surface area contributed by atoms with Crippen LogP contribution in [0.5, 0.6) is 0 Å². The third kappa shape index (κ3) is 4.21. The zero-order valence-electron chi connectivity index (χ0n) is 13.5. The van der Waals surface area contributed by atoms with E-state index in [0.717, 1.165) is 21.4 Å². The Morgan fingerprint density at radius 3 is 2.92 bits per heavy atom. The molecule has 3 rings (SSSR count). The van der Waals surface area contributed by atoms with Crippen LogP contribution in [0.25, 0.3) is 10.9 Å². The molecule has 128 valence electrons. The zero-order valence-corrected chi connectivity index (χ0v) is 15.1. The summed E-state index contributed by atoms with van der Waals surface area (Å²) in [6.07, 6.45) is 3.40. The summed E-state index contributed by atoms with van der Waals surface area (Å²) in [5, 5.41) is 4.32. The van der Waals surface area contributed by atoms with E-state index in [1.807, 2.05) is 18.2 Å². The van der Waals surface area contributed by atoms with E-state index >= 15 is 0 Å². The van der Waals surface area contributed by atoms with Gasteiger partial charge in [0.2, 0.25) is 5.91 Å². The minimum Gasteiger partial charge on any atom is -0.351 e. The first-order valence-corrected chi connectivity index (χ1v) is 8.98. The number of hydrogen-bond acceptors (Lipinski definition) is 4. The van der Waals surface area contributed by atoms with Crippen LogP contribution in [0, 0.1) is 0 Å². The van der Waals surface area contributed by atoms with Gasteiger partial charge in [-0.05, 0) is 23.8 Å². The quantitative estimate of drug-likeness (QED) is 0.698. The molecular weight excluding hydrogens is 358 g/mol. The molecule has 0 bridgehead atoms. The molecule has 0 unspecified atom stereocenters. The van der Waals surface area contributed by atoms with Crippen LogP contribution in [-0.4, -0.2) is 21.2 Å². The number of hydrogen-bond donors (Lipinski definition) is 1. The van der Waals surface area contributed by atoms with Crippen LogP contribution >= 0.6 is 23.4 Å². The van der Waals surface area contributed by atoms with Gasteiger partial charge in [0.15, 0.2) is 0 Å². The van der Waals surface area contributed by atoms with E-state index in [1.54, 1.807) is 42.2 Å². The van der Waals surface area contributed by atoms with E-state index in [1.165, 1.54) is 11.8 Å². The summed E-state index contributed by atoms with van der Waals surface area (Å²) in [7, 11) is 1.70. The summed E-state index contributed by atoms with van der Waals surface area (Å²) in [6.45, 7) is 0.431. The van der Waals surface area contributed by atoms with Gasteiger partial charge in [-0.1, -0.05) is 23.7 Å². The molecule has 0 atom stereocenters. The maximum atomic E-state index is 12.1. The van der Waals surface area contributed by atoms with Crippen molar-refractivity contribution in [2.45, 2.75) is 11.4 Å². The van der Waals surface area contributed by atoms with E-state index in [-0.39, 0.29) is 17.2 Å². The van der Waals surface area contributed by atoms with Crippen molar-refractivity contribution in [3.8, 4) is 0 Å². The van der Waals surface area contributed by atoms with Gasteiger partial charge in [-0.15, -0.1) is 11.8 Å². The first-order valence-electron chi connectivity index (χ1n) is 7.62. The molecule has 0 saturated carbocycles. The fourth-order valence-corrected chi connectivity index (χ4v) is 3.48. The first-order chi connectivity index (χ1) is 12.0. The second kappa shape index (κ2) is 7.72. The summed E-state index contributed by atoms with van der Waals surface area (Å²) in [5.41, 5.74) is 1.56. The van der Waals surface area contributed by atoms with Crippen molar-refractivity contribution in [2.75, 3.05) is 5.75 Å². The van der Waals surface area contributed by atoms with Gasteiger partial charge in [0.1, 0.15) is 0 Å². The Kier molecular flexibility index (Phi) is 5.40. The molecule has 0 radical (unpaired) electrons. The summed E-state index contributed by atoms with van der Waals surface area (Å²) in [6, 6.07) is 10.7. The summed E-state index contributed by atoms with van der Waals surface area (Å²) < 4.78 is 1.55. The minimum atomic E-state index is -0.131. The third-order valence-corrected chi connectivity index (χ3v) is 5.03. The molecule has 0 spiro atoms. The van der Waals surface area contributed by atoms with Gasteiger partial charge in [0.25, 0.3) is 5.56 Å². The van der Waals surface area contributed by atoms with E-state index in [4.69, 9.17) is 11.6 Å². The highest BCUT2D eigenvalue weighted by Gasteiger charge is 2.10. The van der Waals surface area contributed by atoms with Crippen molar-refractivity contribution >= 4 is 40.2 Å². The fraction of sp³-hybridized carbons (Fsp3) is 0.167. The number of aromatic nitrogens is 2. The molecule has 0 fully saturated rings. The average molecular weight is 374 g/mol. The number of fused-ring (bicyclic) bond motifs is 1. The van der Waals surface area contributed by atoms with Crippen molar-refractivity contribution < 1.29 is 4.79 Å². The molecule has 0 aliphatic rings. The van der Waals surface area contributed by atoms with E-state index in [0.29, 0.717) is 11.6 Å². The Morgan fingerprint density at radius 1 is 1.32 bits per heavy atom. The van der Waals surface area contributed by atoms with Crippen molar-refractivity contribution in [3.63, 3.8) is 0 Å². The van der Waals surface area contributed by atoms with Crippen LogP contribution < -0.4 is 10.9 Å². The number of aryl methyl sites for hydroxylation is 1. The Bertz CT molecular complexity index is 973. The average Bonchev–Trinajstić information content (AvgIpc) is 2.62. The molecule has 0 aliphatic heterocycles. The van der Waals surface area contributed by atoms with Crippen molar-refractivity contribution in [2.24, 2.45) is 7.05 Å². The Morgan fingerprint density at radius 2 is 2.16 bits per heavy atom. The fourth-order valence-electron chi connectivity index (χ4n) is 2.41. The molecule has 1 aromatic carbocycles. The number of carbonyl (C=O) groups is 1. The standard InChI is InChI=1S/C18H16ClN3O2S/c1-22-15-7-13(19)4-5-14(15)16(8-18(22)24)25-11-17(23)21-10-12-3-2-6-20-9-12/h2-9H,10-11H2,1H3,(H,21,23). The summed E-state index contributed by atoms with van der Waals surface area (Å²) in [4.78, 5) is 29.0. The maximum absolute atomic E-state index is 12.1. The van der Waals surface area contributed by atoms with Crippen molar-refractivity contribution in [1.82, 2.24) is 14.9 Å². The van der Waals surface area contributed by atoms with Gasteiger partial charge < -0.3 is 9.88 Å². The molecule has 2 aromatic heterocycles. The number of benzene rings is 1. The lowest BCUT2D eigenvalue weighted by atomic mass is 10.2. The van der Waals surface area contributed by atoms with Gasteiger partial charge in [0, 0.05) is 47.4 Å². The van der Waals surface area contributed by atoms with Crippen molar-refractivity contribution in [1.29, 1.82) is 0 Å². The number of nitrogens with one attached hydrogen (secondary N) is 1. The second-order valence-corrected chi connectivity index (χ2v) is 6.95. The van der Waals surface area contributed by atoms with Crippen LogP contribution in [0.3, 0.4) is 0 Å². The van der Waals surface area contributed by atoms with Gasteiger partial charge in [-0.3, -0.25) is 14.6 Å². The van der Waals surface area contributed by atoms with Crippen LogP contribution in [0.4, 0.5) is 0 Å². The third-order valence-electron chi connectivity index (χ3n) is 3.74. The molecule has 5 nitrogen and oxygen atoms in total. The maximum Gasteiger partial charge on any atom is 0.251 e. The molecular formula is C18H16ClN3O2S. The topological polar surface area (TPSA) is 64.0 Å². The van der Waals surface area contributed by atoms with Crippen LogP contribution in [-0.2, 0) is 18.4 Å². The van der Waals surface area contributed by atoms with E-state index in [2.05, 4.69) is 10.3 Å². The van der Waals surface area contributed by atoms with Gasteiger partial charge in [-0.25, -0.2) is 0 Å². The number of amides is 1. The predicted molar refractivity (Wildman–Crippen MR) is 101 cm³/mol. The van der Waals surface area contributed by atoms with Gasteiger partial charge in [-0.2, -0.15) is 0 Å². The lowest BCUT2D eigenvalue weighted by Gasteiger charge is -2.10. The normalized spacial score (nSPS) is 10.8. The SMILES string of the molecule is Cn1c(=O)cc(SCC(=O)NCc2cccnc2)c2ccc(Cl)cc21. The Balaban J connectivity index is 1.72. The minimum absolute atomic E-state index is 0.100. The van der Waals surface area contributed by atoms with Crippen LogP contribution in [0.15, 0.2) is 58.5 Å². The molecule has 0 saturated heterocycles. The molecule has 1 amide bonds. The van der Waals surface area contributed by atoms with Crippen LogP contribution in [0.1, 0.15) is 5.56 Å². The highest BCUT2D eigenvalue weighted by atomic mass is 35.5. The first kappa shape index (κ1) is 17.5. The number of thioether (sulfide) groups is 1.